The van der Waals surface area contributed by atoms with Crippen LogP contribution in [-0.4, -0.2) is 37.8 Å². The van der Waals surface area contributed by atoms with Gasteiger partial charge in [-0.3, -0.25) is 4.90 Å². The first-order chi connectivity index (χ1) is 10.6. The summed E-state index contributed by atoms with van der Waals surface area (Å²) in [6.45, 7) is 2.87. The first-order valence-corrected chi connectivity index (χ1v) is 7.75. The lowest BCUT2D eigenvalue weighted by Crippen LogP contribution is -2.37. The van der Waals surface area contributed by atoms with E-state index in [0.717, 1.165) is 31.6 Å². The van der Waals surface area contributed by atoms with Crippen molar-refractivity contribution in [2.45, 2.75) is 32.9 Å². The molecule has 4 nitrogen and oxygen atoms in total. The van der Waals surface area contributed by atoms with E-state index in [1.165, 1.54) is 6.42 Å². The zero-order chi connectivity index (χ0) is 15.9. The Bertz CT molecular complexity index is 477. The quantitative estimate of drug-likeness (QED) is 0.819. The van der Waals surface area contributed by atoms with Gasteiger partial charge in [0.2, 0.25) is 0 Å². The van der Waals surface area contributed by atoms with Crippen LogP contribution in [0, 0.1) is 5.92 Å². The highest BCUT2D eigenvalue weighted by Gasteiger charge is 2.19. The normalized spacial score (nSPS) is 18.6. The van der Waals surface area contributed by atoms with Gasteiger partial charge in [0.25, 0.3) is 0 Å². The smallest absolute Gasteiger partial charge is 0.387 e. The molecule has 1 unspecified atom stereocenters. The molecule has 0 bridgehead atoms. The van der Waals surface area contributed by atoms with Gasteiger partial charge in [-0.05, 0) is 56.5 Å². The van der Waals surface area contributed by atoms with Gasteiger partial charge < -0.3 is 15.2 Å². The summed E-state index contributed by atoms with van der Waals surface area (Å²) in [7, 11) is 0. The van der Waals surface area contributed by atoms with Crippen molar-refractivity contribution in [1.82, 2.24) is 4.90 Å². The lowest BCUT2D eigenvalue weighted by atomic mass is 9.98. The number of benzene rings is 1. The van der Waals surface area contributed by atoms with Gasteiger partial charge in [0.05, 0.1) is 6.61 Å². The molecule has 0 saturated carbocycles. The molecule has 1 saturated heterocycles. The number of hydrogen-bond donors (Lipinski definition) is 1. The van der Waals surface area contributed by atoms with Gasteiger partial charge in [-0.25, -0.2) is 0 Å². The minimum atomic E-state index is -2.85. The van der Waals surface area contributed by atoms with E-state index in [2.05, 4.69) is 9.64 Å². The summed E-state index contributed by atoms with van der Waals surface area (Å²) in [5.41, 5.74) is 6.78. The predicted molar refractivity (Wildman–Crippen MR) is 88.5 cm³/mol. The highest BCUT2D eigenvalue weighted by Crippen LogP contribution is 2.30. The second-order valence-corrected chi connectivity index (χ2v) is 5.57. The van der Waals surface area contributed by atoms with Crippen molar-refractivity contribution in [2.75, 3.05) is 26.2 Å². The Hall–Kier alpha value is -1.11. The van der Waals surface area contributed by atoms with Gasteiger partial charge in [0, 0.05) is 13.1 Å². The van der Waals surface area contributed by atoms with Crippen LogP contribution < -0.4 is 15.2 Å². The summed E-state index contributed by atoms with van der Waals surface area (Å²) in [6.07, 6.45) is 2.32. The minimum absolute atomic E-state index is 0. The number of piperidine rings is 1. The summed E-state index contributed by atoms with van der Waals surface area (Å²) in [4.78, 5) is 2.35. The fourth-order valence-corrected chi connectivity index (χ4v) is 2.86. The molecule has 1 atom stereocenters. The SMILES string of the molecule is CCOc1cc(CN2CCCC(CN)C2)ccc1OC(F)F.Cl. The monoisotopic (exact) mass is 350 g/mol. The van der Waals surface area contributed by atoms with Crippen LogP contribution in [-0.2, 0) is 6.54 Å². The average Bonchev–Trinajstić information content (AvgIpc) is 2.50. The van der Waals surface area contributed by atoms with E-state index in [9.17, 15) is 8.78 Å². The summed E-state index contributed by atoms with van der Waals surface area (Å²) in [5.74, 6) is 0.994. The van der Waals surface area contributed by atoms with Crippen LogP contribution in [0.5, 0.6) is 11.5 Å². The number of nitrogens with two attached hydrogens (primary N) is 1. The van der Waals surface area contributed by atoms with Crippen LogP contribution in [0.4, 0.5) is 8.78 Å². The van der Waals surface area contributed by atoms with Crippen molar-refractivity contribution in [1.29, 1.82) is 0 Å². The van der Waals surface area contributed by atoms with Crippen molar-refractivity contribution < 1.29 is 18.3 Å². The van der Waals surface area contributed by atoms with E-state index in [1.54, 1.807) is 12.1 Å². The Labute approximate surface area is 142 Å². The molecule has 1 aromatic carbocycles. The van der Waals surface area contributed by atoms with Crippen LogP contribution in [0.15, 0.2) is 18.2 Å². The number of halogens is 3. The average molecular weight is 351 g/mol. The number of rotatable bonds is 7. The maximum absolute atomic E-state index is 12.4. The van der Waals surface area contributed by atoms with Crippen molar-refractivity contribution in [2.24, 2.45) is 11.7 Å². The molecule has 0 amide bonds. The van der Waals surface area contributed by atoms with Gasteiger partial charge in [-0.2, -0.15) is 8.78 Å². The molecule has 132 valence electrons. The molecule has 1 aromatic rings. The second kappa shape index (κ2) is 9.90. The van der Waals surface area contributed by atoms with Crippen molar-refractivity contribution in [3.63, 3.8) is 0 Å². The topological polar surface area (TPSA) is 47.7 Å². The summed E-state index contributed by atoms with van der Waals surface area (Å²) >= 11 is 0. The Morgan fingerprint density at radius 2 is 2.13 bits per heavy atom. The van der Waals surface area contributed by atoms with Crippen LogP contribution in [0.3, 0.4) is 0 Å². The zero-order valence-electron chi connectivity index (χ0n) is 13.3. The second-order valence-electron chi connectivity index (χ2n) is 5.57. The molecule has 0 spiro atoms. The minimum Gasteiger partial charge on any atom is -0.490 e. The third-order valence-corrected chi connectivity index (χ3v) is 3.87. The van der Waals surface area contributed by atoms with Gasteiger partial charge in [-0.1, -0.05) is 6.07 Å². The van der Waals surface area contributed by atoms with E-state index < -0.39 is 6.61 Å². The Morgan fingerprint density at radius 3 is 2.78 bits per heavy atom. The van der Waals surface area contributed by atoms with Gasteiger partial charge in [0.15, 0.2) is 11.5 Å². The zero-order valence-corrected chi connectivity index (χ0v) is 14.2. The molecule has 23 heavy (non-hydrogen) atoms. The van der Waals surface area contributed by atoms with Crippen LogP contribution in [0.1, 0.15) is 25.3 Å². The maximum Gasteiger partial charge on any atom is 0.387 e. The van der Waals surface area contributed by atoms with E-state index in [0.29, 0.717) is 24.8 Å². The van der Waals surface area contributed by atoms with Gasteiger partial charge in [-0.15, -0.1) is 12.4 Å². The van der Waals surface area contributed by atoms with Crippen LogP contribution >= 0.6 is 12.4 Å². The van der Waals surface area contributed by atoms with Crippen LogP contribution in [0.25, 0.3) is 0 Å². The lowest BCUT2D eigenvalue weighted by molar-refractivity contribution is -0.0514. The Balaban J connectivity index is 0.00000264. The first-order valence-electron chi connectivity index (χ1n) is 7.75. The van der Waals surface area contributed by atoms with Crippen LogP contribution in [0.2, 0.25) is 0 Å². The van der Waals surface area contributed by atoms with E-state index >= 15 is 0 Å². The van der Waals surface area contributed by atoms with Crippen molar-refractivity contribution in [3.05, 3.63) is 23.8 Å². The van der Waals surface area contributed by atoms with Crippen molar-refractivity contribution >= 4 is 12.4 Å². The largest absolute Gasteiger partial charge is 0.490 e. The molecule has 0 radical (unpaired) electrons. The van der Waals surface area contributed by atoms with E-state index in [1.807, 2.05) is 13.0 Å². The highest BCUT2D eigenvalue weighted by molar-refractivity contribution is 5.85. The van der Waals surface area contributed by atoms with E-state index in [-0.39, 0.29) is 18.2 Å². The Kier molecular flexibility index (Phi) is 8.58. The molecule has 1 aliphatic heterocycles. The number of likely N-dealkylation sites (tertiary alicyclic amines) is 1. The fraction of sp³-hybridized carbons (Fsp3) is 0.625. The molecule has 1 fully saturated rings. The maximum atomic E-state index is 12.4. The molecular formula is C16H25ClF2N2O2. The third kappa shape index (κ3) is 6.12. The summed E-state index contributed by atoms with van der Waals surface area (Å²) in [6, 6.07) is 5.15. The number of hydrogen-bond acceptors (Lipinski definition) is 4. The lowest BCUT2D eigenvalue weighted by Gasteiger charge is -2.32. The molecule has 7 heteroatoms. The third-order valence-electron chi connectivity index (χ3n) is 3.87. The molecule has 1 aliphatic rings. The molecule has 0 aliphatic carbocycles. The molecule has 0 aromatic heterocycles. The molecule has 1 heterocycles. The standard InChI is InChI=1S/C16H24F2N2O2.ClH/c1-2-21-15-8-12(5-6-14(15)22-16(17)18)10-20-7-3-4-13(9-19)11-20;/h5-6,8,13,16H,2-4,7,9-11,19H2,1H3;1H. The number of ether oxygens (including phenoxy) is 2. The molecule has 2 rings (SSSR count). The van der Waals surface area contributed by atoms with Crippen molar-refractivity contribution in [3.8, 4) is 11.5 Å². The predicted octanol–water partition coefficient (Wildman–Crippen LogP) is 3.28. The van der Waals surface area contributed by atoms with Gasteiger partial charge in [0.1, 0.15) is 0 Å². The first kappa shape index (κ1) is 19.9. The molecule has 2 N–H and O–H groups in total. The highest BCUT2D eigenvalue weighted by atomic mass is 35.5. The fourth-order valence-electron chi connectivity index (χ4n) is 2.86. The Morgan fingerprint density at radius 1 is 1.35 bits per heavy atom. The number of alkyl halides is 2. The molecular weight excluding hydrogens is 326 g/mol. The summed E-state index contributed by atoms with van der Waals surface area (Å²) < 4.78 is 34.7. The number of nitrogens with zero attached hydrogens (tertiary/aromatic N) is 1. The van der Waals surface area contributed by atoms with E-state index in [4.69, 9.17) is 10.5 Å². The van der Waals surface area contributed by atoms with Gasteiger partial charge >= 0.3 is 6.61 Å². The summed E-state index contributed by atoms with van der Waals surface area (Å²) in [5, 5.41) is 0.